The number of phenols is 1. The Morgan fingerprint density at radius 1 is 0.880 bits per heavy atom. The van der Waals surface area contributed by atoms with Crippen molar-refractivity contribution in [3.05, 3.63) is 34.5 Å². The van der Waals surface area contributed by atoms with Gasteiger partial charge in [0.05, 0.1) is 5.39 Å². The maximum absolute atomic E-state index is 12.6. The van der Waals surface area contributed by atoms with Gasteiger partial charge in [-0.2, -0.15) is 0 Å². The van der Waals surface area contributed by atoms with Crippen LogP contribution >= 0.6 is 0 Å². The number of rotatable bonds is 3. The lowest BCUT2D eigenvalue weighted by atomic mass is 10.1. The quantitative estimate of drug-likeness (QED) is 0.659. The number of hydrogen-bond acceptors (Lipinski definition) is 8. The maximum atomic E-state index is 12.6. The monoisotopic (exact) mass is 346 g/mol. The highest BCUT2D eigenvalue weighted by molar-refractivity contribution is 5.94. The van der Waals surface area contributed by atoms with Crippen LogP contribution in [0.25, 0.3) is 10.8 Å². The minimum atomic E-state index is -0.796. The minimum absolute atomic E-state index is 0.188. The molecule has 0 aliphatic heterocycles. The lowest BCUT2D eigenvalue weighted by Gasteiger charge is -2.11. The van der Waals surface area contributed by atoms with Gasteiger partial charge in [0.25, 0.3) is 0 Å². The highest BCUT2D eigenvalue weighted by atomic mass is 16.6. The fourth-order valence-corrected chi connectivity index (χ4v) is 2.16. The molecule has 0 amide bonds. The molecule has 0 spiro atoms. The molecule has 0 heterocycles. The van der Waals surface area contributed by atoms with Gasteiger partial charge in [-0.1, -0.05) is 12.1 Å². The van der Waals surface area contributed by atoms with Crippen molar-refractivity contribution in [1.29, 1.82) is 0 Å². The second-order valence-electron chi connectivity index (χ2n) is 5.02. The van der Waals surface area contributed by atoms with E-state index in [9.17, 15) is 24.3 Å². The molecule has 8 heteroatoms. The van der Waals surface area contributed by atoms with E-state index in [2.05, 4.69) is 0 Å². The molecule has 0 bridgehead atoms. The number of benzene rings is 1. The van der Waals surface area contributed by atoms with Crippen molar-refractivity contribution in [1.82, 2.24) is 0 Å². The van der Waals surface area contributed by atoms with Crippen LogP contribution in [0.2, 0.25) is 0 Å². The van der Waals surface area contributed by atoms with Gasteiger partial charge >= 0.3 is 17.9 Å². The molecule has 8 nitrogen and oxygen atoms in total. The van der Waals surface area contributed by atoms with Crippen molar-refractivity contribution >= 4 is 28.7 Å². The van der Waals surface area contributed by atoms with Crippen LogP contribution in [0.4, 0.5) is 0 Å². The Hall–Kier alpha value is -3.42. The van der Waals surface area contributed by atoms with Crippen LogP contribution in [-0.4, -0.2) is 23.0 Å². The highest BCUT2D eigenvalue weighted by Crippen LogP contribution is 2.42. The Bertz CT molecular complexity index is 945. The number of hydrogen-bond donors (Lipinski definition) is 1. The van der Waals surface area contributed by atoms with E-state index >= 15 is 0 Å². The molecule has 0 unspecified atom stereocenters. The first-order valence-electron chi connectivity index (χ1n) is 7.09. The molecule has 0 aliphatic rings. The fraction of sp³-hybridized carbons (Fsp3) is 0.176. The van der Waals surface area contributed by atoms with Crippen LogP contribution in [0, 0.1) is 0 Å². The summed E-state index contributed by atoms with van der Waals surface area (Å²) in [5.74, 6) is -3.95. The van der Waals surface area contributed by atoms with Crippen LogP contribution in [0.1, 0.15) is 20.8 Å². The number of esters is 3. The van der Waals surface area contributed by atoms with Crippen molar-refractivity contribution in [2.75, 3.05) is 0 Å². The SMILES string of the molecule is CC(=O)Oc1cc2cccc(OC(C)=O)c(=O)c2c(O)c1OC(C)=O. The predicted octanol–water partition coefficient (Wildman–Crippen LogP) is 1.68. The average Bonchev–Trinajstić information content (AvgIpc) is 2.62. The Kier molecular flexibility index (Phi) is 5.02. The summed E-state index contributed by atoms with van der Waals surface area (Å²) in [5.41, 5.74) is -0.796. The molecule has 0 aromatic heterocycles. The van der Waals surface area contributed by atoms with Gasteiger partial charge in [-0.3, -0.25) is 19.2 Å². The number of carbonyl (C=O) groups is 3. The largest absolute Gasteiger partial charge is 0.504 e. The zero-order valence-electron chi connectivity index (χ0n) is 13.6. The lowest BCUT2D eigenvalue weighted by molar-refractivity contribution is -0.134. The Morgan fingerprint density at radius 3 is 2.00 bits per heavy atom. The van der Waals surface area contributed by atoms with E-state index in [1.807, 2.05) is 0 Å². The third-order valence-corrected chi connectivity index (χ3v) is 2.98. The van der Waals surface area contributed by atoms with E-state index in [-0.39, 0.29) is 22.3 Å². The van der Waals surface area contributed by atoms with Gasteiger partial charge in [-0.15, -0.1) is 0 Å². The number of ether oxygens (including phenoxy) is 3. The summed E-state index contributed by atoms with van der Waals surface area (Å²) >= 11 is 0. The molecular weight excluding hydrogens is 332 g/mol. The Balaban J connectivity index is 2.88. The Morgan fingerprint density at radius 2 is 1.44 bits per heavy atom. The maximum Gasteiger partial charge on any atom is 0.308 e. The standard InChI is InChI=1S/C17H14O8/c1-8(18)23-12-6-4-5-11-7-13(24-9(2)19)17(25-10(3)20)16(22)14(11)15(12)21/h4-7,22H,1-3H3. The van der Waals surface area contributed by atoms with Crippen molar-refractivity contribution in [3.63, 3.8) is 0 Å². The molecule has 0 radical (unpaired) electrons. The van der Waals surface area contributed by atoms with Gasteiger partial charge in [-0.25, -0.2) is 0 Å². The molecule has 1 N–H and O–H groups in total. The predicted molar refractivity (Wildman–Crippen MR) is 85.8 cm³/mol. The second-order valence-corrected chi connectivity index (χ2v) is 5.02. The van der Waals surface area contributed by atoms with E-state index in [0.29, 0.717) is 0 Å². The van der Waals surface area contributed by atoms with E-state index in [1.165, 1.54) is 24.3 Å². The second kappa shape index (κ2) is 7.00. The Labute approximate surface area is 141 Å². The van der Waals surface area contributed by atoms with Crippen molar-refractivity contribution in [2.45, 2.75) is 20.8 Å². The summed E-state index contributed by atoms with van der Waals surface area (Å²) in [5, 5.41) is 10.4. The van der Waals surface area contributed by atoms with Crippen LogP contribution < -0.4 is 19.6 Å². The summed E-state index contributed by atoms with van der Waals surface area (Å²) in [7, 11) is 0. The summed E-state index contributed by atoms with van der Waals surface area (Å²) in [6.45, 7) is 3.33. The molecule has 2 aromatic rings. The third kappa shape index (κ3) is 3.92. The first kappa shape index (κ1) is 17.9. The lowest BCUT2D eigenvalue weighted by Crippen LogP contribution is -2.11. The molecule has 0 saturated carbocycles. The average molecular weight is 346 g/mol. The first-order chi connectivity index (χ1) is 11.7. The zero-order valence-corrected chi connectivity index (χ0v) is 13.6. The van der Waals surface area contributed by atoms with E-state index in [4.69, 9.17) is 14.2 Å². The van der Waals surface area contributed by atoms with Crippen LogP contribution in [-0.2, 0) is 14.4 Å². The minimum Gasteiger partial charge on any atom is -0.504 e. The van der Waals surface area contributed by atoms with Gasteiger partial charge in [0, 0.05) is 20.8 Å². The fourth-order valence-electron chi connectivity index (χ4n) is 2.16. The van der Waals surface area contributed by atoms with Crippen LogP contribution in [0.3, 0.4) is 0 Å². The number of phenolic OH excluding ortho intramolecular Hbond substituents is 1. The van der Waals surface area contributed by atoms with E-state index < -0.39 is 34.8 Å². The smallest absolute Gasteiger partial charge is 0.308 e. The van der Waals surface area contributed by atoms with Gasteiger partial charge in [0.1, 0.15) is 0 Å². The highest BCUT2D eigenvalue weighted by Gasteiger charge is 2.21. The molecule has 130 valence electrons. The summed E-state index contributed by atoms with van der Waals surface area (Å²) in [4.78, 5) is 46.2. The normalized spacial score (nSPS) is 10.2. The molecule has 0 saturated heterocycles. The molecule has 0 fully saturated rings. The van der Waals surface area contributed by atoms with Gasteiger partial charge in [0.15, 0.2) is 17.2 Å². The number of aromatic hydroxyl groups is 1. The molecular formula is C17H14O8. The molecule has 2 aromatic carbocycles. The first-order valence-corrected chi connectivity index (χ1v) is 7.09. The topological polar surface area (TPSA) is 116 Å². The molecule has 25 heavy (non-hydrogen) atoms. The third-order valence-electron chi connectivity index (χ3n) is 2.98. The zero-order chi connectivity index (χ0) is 18.7. The number of carbonyl (C=O) groups excluding carboxylic acids is 3. The molecule has 0 aliphatic carbocycles. The van der Waals surface area contributed by atoms with Crippen molar-refractivity contribution in [3.8, 4) is 23.0 Å². The van der Waals surface area contributed by atoms with Gasteiger partial charge < -0.3 is 19.3 Å². The van der Waals surface area contributed by atoms with Crippen LogP contribution in [0.5, 0.6) is 23.0 Å². The van der Waals surface area contributed by atoms with E-state index in [1.54, 1.807) is 0 Å². The summed E-state index contributed by atoms with van der Waals surface area (Å²) < 4.78 is 14.6. The van der Waals surface area contributed by atoms with E-state index in [0.717, 1.165) is 20.8 Å². The molecule has 2 rings (SSSR count). The van der Waals surface area contributed by atoms with Crippen molar-refractivity contribution in [2.24, 2.45) is 0 Å². The number of fused-ring (bicyclic) bond motifs is 1. The summed E-state index contributed by atoms with van der Waals surface area (Å²) in [6, 6.07) is 5.37. The van der Waals surface area contributed by atoms with Crippen molar-refractivity contribution < 1.29 is 33.7 Å². The van der Waals surface area contributed by atoms with Gasteiger partial charge in [0.2, 0.25) is 11.2 Å². The molecule has 0 atom stereocenters. The van der Waals surface area contributed by atoms with Crippen LogP contribution in [0.15, 0.2) is 29.1 Å². The van der Waals surface area contributed by atoms with Gasteiger partial charge in [-0.05, 0) is 17.5 Å². The summed E-state index contributed by atoms with van der Waals surface area (Å²) in [6.07, 6.45) is 0.